The van der Waals surface area contributed by atoms with Crippen LogP contribution < -0.4 is 0 Å². The maximum Gasteiger partial charge on any atom is 0.142 e. The van der Waals surface area contributed by atoms with E-state index in [-0.39, 0.29) is 17.9 Å². The third kappa shape index (κ3) is 3.28. The molecule has 88 valence electrons. The number of carbonyl (C=O) groups excluding carboxylic acids is 1. The zero-order valence-corrected chi connectivity index (χ0v) is 10.1. The molecule has 0 amide bonds. The highest BCUT2D eigenvalue weighted by Crippen LogP contribution is 2.35. The van der Waals surface area contributed by atoms with Crippen molar-refractivity contribution in [2.24, 2.45) is 11.3 Å². The molecule has 0 spiro atoms. The van der Waals surface area contributed by atoms with E-state index in [1.54, 1.807) is 0 Å². The number of Topliss-reactive ketones (excluding diaryl/α,β-unsaturated/α-hetero) is 1. The van der Waals surface area contributed by atoms with Gasteiger partial charge in [-0.3, -0.25) is 4.79 Å². The lowest BCUT2D eigenvalue weighted by molar-refractivity contribution is -0.134. The minimum atomic E-state index is -0.136. The Bertz CT molecular complexity index is 226. The average Bonchev–Trinajstić information content (AvgIpc) is 2.13. The Morgan fingerprint density at radius 1 is 1.53 bits per heavy atom. The molecule has 3 nitrogen and oxygen atoms in total. The van der Waals surface area contributed by atoms with Crippen LogP contribution in [-0.4, -0.2) is 42.5 Å². The molecule has 1 atom stereocenters. The van der Waals surface area contributed by atoms with Crippen LogP contribution in [0.1, 0.15) is 33.1 Å². The lowest BCUT2D eigenvalue weighted by Gasteiger charge is -2.35. The summed E-state index contributed by atoms with van der Waals surface area (Å²) in [6, 6.07) is 0. The molecule has 1 saturated carbocycles. The second-order valence-corrected chi connectivity index (χ2v) is 5.32. The summed E-state index contributed by atoms with van der Waals surface area (Å²) < 4.78 is 0. The first-order chi connectivity index (χ1) is 6.97. The van der Waals surface area contributed by atoms with Gasteiger partial charge in [0.25, 0.3) is 0 Å². The zero-order chi connectivity index (χ0) is 11.5. The molecule has 1 rings (SSSR count). The number of aliphatic hydroxyl groups excluding tert-OH is 1. The van der Waals surface area contributed by atoms with E-state index in [2.05, 4.69) is 0 Å². The summed E-state index contributed by atoms with van der Waals surface area (Å²) >= 11 is 0. The van der Waals surface area contributed by atoms with E-state index in [1.807, 2.05) is 25.8 Å². The van der Waals surface area contributed by atoms with Gasteiger partial charge in [0.05, 0.1) is 6.61 Å². The maximum atomic E-state index is 12.1. The van der Waals surface area contributed by atoms with E-state index in [9.17, 15) is 4.79 Å². The van der Waals surface area contributed by atoms with Crippen molar-refractivity contribution in [3.05, 3.63) is 0 Å². The number of hydrogen-bond donors (Lipinski definition) is 1. The van der Waals surface area contributed by atoms with Gasteiger partial charge in [0.1, 0.15) is 5.78 Å². The van der Waals surface area contributed by atoms with Gasteiger partial charge >= 0.3 is 0 Å². The topological polar surface area (TPSA) is 40.5 Å². The Kier molecular flexibility index (Phi) is 4.29. The smallest absolute Gasteiger partial charge is 0.142 e. The quantitative estimate of drug-likeness (QED) is 0.765. The van der Waals surface area contributed by atoms with Gasteiger partial charge in [-0.1, -0.05) is 20.3 Å². The van der Waals surface area contributed by atoms with Crippen molar-refractivity contribution < 1.29 is 9.90 Å². The summed E-state index contributed by atoms with van der Waals surface area (Å²) in [6.07, 6.45) is 3.18. The number of ketones is 1. The Morgan fingerprint density at radius 2 is 2.20 bits per heavy atom. The highest BCUT2D eigenvalue weighted by Gasteiger charge is 2.37. The van der Waals surface area contributed by atoms with Gasteiger partial charge in [0.15, 0.2) is 0 Å². The summed E-state index contributed by atoms with van der Waals surface area (Å²) in [5, 5.41) is 8.81. The third-order valence-electron chi connectivity index (χ3n) is 3.41. The van der Waals surface area contributed by atoms with E-state index in [1.165, 1.54) is 0 Å². The molecule has 1 aliphatic rings. The molecule has 1 aliphatic carbocycles. The van der Waals surface area contributed by atoms with Crippen molar-refractivity contribution in [1.82, 2.24) is 4.90 Å². The largest absolute Gasteiger partial charge is 0.395 e. The highest BCUT2D eigenvalue weighted by atomic mass is 16.3. The van der Waals surface area contributed by atoms with Crippen LogP contribution in [0, 0.1) is 11.3 Å². The molecule has 1 fully saturated rings. The van der Waals surface area contributed by atoms with Crippen molar-refractivity contribution in [3.63, 3.8) is 0 Å². The molecule has 0 radical (unpaired) electrons. The molecule has 0 saturated heterocycles. The van der Waals surface area contributed by atoms with Crippen molar-refractivity contribution >= 4 is 5.78 Å². The zero-order valence-electron chi connectivity index (χ0n) is 10.1. The minimum Gasteiger partial charge on any atom is -0.395 e. The molecule has 15 heavy (non-hydrogen) atoms. The summed E-state index contributed by atoms with van der Waals surface area (Å²) in [4.78, 5) is 14.1. The van der Waals surface area contributed by atoms with E-state index in [4.69, 9.17) is 5.11 Å². The fourth-order valence-electron chi connectivity index (χ4n) is 2.41. The lowest BCUT2D eigenvalue weighted by Crippen LogP contribution is -2.41. The Balaban J connectivity index is 2.51. The predicted octanol–water partition coefficient (Wildman–Crippen LogP) is 1.31. The van der Waals surface area contributed by atoms with Crippen LogP contribution in [0.3, 0.4) is 0 Å². The lowest BCUT2D eigenvalue weighted by atomic mass is 9.71. The van der Waals surface area contributed by atoms with Gasteiger partial charge < -0.3 is 10.0 Å². The van der Waals surface area contributed by atoms with Crippen molar-refractivity contribution in [1.29, 1.82) is 0 Å². The minimum absolute atomic E-state index is 0.136. The van der Waals surface area contributed by atoms with Crippen LogP contribution in [0.25, 0.3) is 0 Å². The third-order valence-corrected chi connectivity index (χ3v) is 3.41. The van der Waals surface area contributed by atoms with Crippen LogP contribution in [0.15, 0.2) is 0 Å². The fraction of sp³-hybridized carbons (Fsp3) is 0.917. The van der Waals surface area contributed by atoms with E-state index >= 15 is 0 Å². The van der Waals surface area contributed by atoms with Gasteiger partial charge in [-0.2, -0.15) is 0 Å². The highest BCUT2D eigenvalue weighted by molar-refractivity contribution is 5.87. The van der Waals surface area contributed by atoms with Crippen LogP contribution >= 0.6 is 0 Å². The summed E-state index contributed by atoms with van der Waals surface area (Å²) in [5.74, 6) is 0.573. The molecular formula is C12H23NO2. The number of hydrogen-bond acceptors (Lipinski definition) is 3. The second-order valence-electron chi connectivity index (χ2n) is 5.32. The summed E-state index contributed by atoms with van der Waals surface area (Å²) in [6.45, 7) is 5.72. The van der Waals surface area contributed by atoms with Gasteiger partial charge in [0, 0.05) is 24.4 Å². The fourth-order valence-corrected chi connectivity index (χ4v) is 2.41. The monoisotopic (exact) mass is 213 g/mol. The molecule has 1 N–H and O–H groups in total. The van der Waals surface area contributed by atoms with Gasteiger partial charge in [-0.25, -0.2) is 0 Å². The molecule has 0 aromatic carbocycles. The molecule has 0 aromatic rings. The summed E-state index contributed by atoms with van der Waals surface area (Å²) in [7, 11) is 1.96. The Labute approximate surface area is 92.5 Å². The maximum absolute atomic E-state index is 12.1. The molecule has 0 aromatic heterocycles. The number of aliphatic hydroxyl groups is 1. The number of likely N-dealkylation sites (N-methyl/N-ethyl adjacent to an activating group) is 1. The molecular weight excluding hydrogens is 190 g/mol. The molecule has 0 heterocycles. The standard InChI is InChI=1S/C12H23NO2/c1-12(2)6-4-5-10(11(12)15)9-13(3)7-8-14/h10,14H,4-9H2,1-3H3. The normalized spacial score (nSPS) is 25.9. The second kappa shape index (κ2) is 5.08. The average molecular weight is 213 g/mol. The Hall–Kier alpha value is -0.410. The van der Waals surface area contributed by atoms with E-state index in [0.717, 1.165) is 25.8 Å². The van der Waals surface area contributed by atoms with Crippen molar-refractivity contribution in [3.8, 4) is 0 Å². The first kappa shape index (κ1) is 12.7. The van der Waals surface area contributed by atoms with E-state index in [0.29, 0.717) is 12.3 Å². The molecule has 0 aliphatic heterocycles. The van der Waals surface area contributed by atoms with Gasteiger partial charge in [-0.15, -0.1) is 0 Å². The predicted molar refractivity (Wildman–Crippen MR) is 60.7 cm³/mol. The number of carbonyl (C=O) groups is 1. The number of rotatable bonds is 4. The van der Waals surface area contributed by atoms with E-state index < -0.39 is 0 Å². The first-order valence-corrected chi connectivity index (χ1v) is 5.81. The van der Waals surface area contributed by atoms with Crippen LogP contribution in [-0.2, 0) is 4.79 Å². The van der Waals surface area contributed by atoms with Crippen molar-refractivity contribution in [2.45, 2.75) is 33.1 Å². The molecule has 1 unspecified atom stereocenters. The van der Waals surface area contributed by atoms with Crippen LogP contribution in [0.4, 0.5) is 0 Å². The molecule has 3 heteroatoms. The summed E-state index contributed by atoms with van der Waals surface area (Å²) in [5.41, 5.74) is -0.136. The Morgan fingerprint density at radius 3 is 2.80 bits per heavy atom. The number of nitrogens with zero attached hydrogens (tertiary/aromatic N) is 1. The molecule has 0 bridgehead atoms. The van der Waals surface area contributed by atoms with Gasteiger partial charge in [-0.05, 0) is 19.9 Å². The first-order valence-electron chi connectivity index (χ1n) is 5.81. The van der Waals surface area contributed by atoms with Crippen LogP contribution in [0.5, 0.6) is 0 Å². The van der Waals surface area contributed by atoms with Crippen molar-refractivity contribution in [2.75, 3.05) is 26.7 Å². The SMILES string of the molecule is CN(CCO)CC1CCCC(C)(C)C1=O. The van der Waals surface area contributed by atoms with Gasteiger partial charge in [0.2, 0.25) is 0 Å². The van der Waals surface area contributed by atoms with Crippen LogP contribution in [0.2, 0.25) is 0 Å².